The molecule has 0 saturated carbocycles. The molecule has 0 radical (unpaired) electrons. The first-order chi connectivity index (χ1) is 7.28. The highest BCUT2D eigenvalue weighted by atomic mass is 79.9. The Balaban J connectivity index is 2.42. The number of nitriles is 1. The van der Waals surface area contributed by atoms with Gasteiger partial charge >= 0.3 is 0 Å². The summed E-state index contributed by atoms with van der Waals surface area (Å²) >= 11 is 3.54. The van der Waals surface area contributed by atoms with Crippen molar-refractivity contribution in [3.63, 3.8) is 0 Å². The molecule has 1 aromatic rings. The summed E-state index contributed by atoms with van der Waals surface area (Å²) < 4.78 is 1.05. The fourth-order valence-corrected chi connectivity index (χ4v) is 2.81. The van der Waals surface area contributed by atoms with Crippen LogP contribution >= 0.6 is 15.9 Å². The number of hydrogen-bond acceptors (Lipinski definition) is 2. The predicted octanol–water partition coefficient (Wildman–Crippen LogP) is 2.59. The molecule has 1 N–H and O–H groups in total. The lowest BCUT2D eigenvalue weighted by atomic mass is 9.74. The van der Waals surface area contributed by atoms with E-state index >= 15 is 0 Å². The molecule has 1 aliphatic rings. The third-order valence-electron chi connectivity index (χ3n) is 3.06. The molecule has 0 unspecified atom stereocenters. The summed E-state index contributed by atoms with van der Waals surface area (Å²) in [6.07, 6.45) is 1.79. The van der Waals surface area contributed by atoms with Crippen LogP contribution in [0.25, 0.3) is 0 Å². The first-order valence-electron chi connectivity index (χ1n) is 5.15. The molecule has 0 amide bonds. The molecular formula is C12H13BrN2. The summed E-state index contributed by atoms with van der Waals surface area (Å²) in [6.45, 7) is 1.85. The molecule has 0 atom stereocenters. The molecule has 2 rings (SSSR count). The van der Waals surface area contributed by atoms with E-state index in [1.165, 1.54) is 0 Å². The number of rotatable bonds is 1. The quantitative estimate of drug-likeness (QED) is 0.847. The van der Waals surface area contributed by atoms with Crippen molar-refractivity contribution in [3.05, 3.63) is 34.3 Å². The van der Waals surface area contributed by atoms with E-state index in [4.69, 9.17) is 0 Å². The van der Waals surface area contributed by atoms with E-state index in [9.17, 15) is 5.26 Å². The van der Waals surface area contributed by atoms with Gasteiger partial charge in [-0.3, -0.25) is 0 Å². The smallest absolute Gasteiger partial charge is 0.0857 e. The lowest BCUT2D eigenvalue weighted by Gasteiger charge is -2.32. The highest BCUT2D eigenvalue weighted by Crippen LogP contribution is 2.36. The SMILES string of the molecule is N#CC1(c2ccccc2Br)CCNCC1. The summed E-state index contributed by atoms with van der Waals surface area (Å²) in [6, 6.07) is 10.6. The average Bonchev–Trinajstić information content (AvgIpc) is 2.30. The van der Waals surface area contributed by atoms with Crippen LogP contribution in [0.5, 0.6) is 0 Å². The average molecular weight is 265 g/mol. The minimum absolute atomic E-state index is 0.300. The highest BCUT2D eigenvalue weighted by molar-refractivity contribution is 9.10. The molecule has 15 heavy (non-hydrogen) atoms. The van der Waals surface area contributed by atoms with E-state index < -0.39 is 0 Å². The van der Waals surface area contributed by atoms with Gasteiger partial charge in [0.15, 0.2) is 0 Å². The van der Waals surface area contributed by atoms with E-state index in [2.05, 4.69) is 33.4 Å². The van der Waals surface area contributed by atoms with Gasteiger partial charge in [0.05, 0.1) is 11.5 Å². The standard InChI is InChI=1S/C12H13BrN2/c13-11-4-2-1-3-10(11)12(9-14)5-7-15-8-6-12/h1-4,15H,5-8H2. The van der Waals surface area contributed by atoms with Crippen LogP contribution in [-0.2, 0) is 5.41 Å². The second-order valence-corrected chi connectivity index (χ2v) is 4.78. The van der Waals surface area contributed by atoms with Crippen molar-refractivity contribution < 1.29 is 0 Å². The van der Waals surface area contributed by atoms with Gasteiger partial charge in [-0.1, -0.05) is 34.1 Å². The van der Waals surface area contributed by atoms with Gasteiger partial charge in [-0.25, -0.2) is 0 Å². The van der Waals surface area contributed by atoms with Crippen LogP contribution < -0.4 is 5.32 Å². The lowest BCUT2D eigenvalue weighted by molar-refractivity contribution is 0.381. The van der Waals surface area contributed by atoms with Gasteiger partial charge < -0.3 is 5.32 Å². The van der Waals surface area contributed by atoms with Crippen LogP contribution in [0.15, 0.2) is 28.7 Å². The molecule has 0 aliphatic carbocycles. The summed E-state index contributed by atoms with van der Waals surface area (Å²) in [5.74, 6) is 0. The van der Waals surface area contributed by atoms with E-state index in [0.29, 0.717) is 0 Å². The maximum absolute atomic E-state index is 9.42. The molecule has 78 valence electrons. The first-order valence-corrected chi connectivity index (χ1v) is 5.95. The Morgan fingerprint density at radius 2 is 1.93 bits per heavy atom. The van der Waals surface area contributed by atoms with Gasteiger partial charge in [0.2, 0.25) is 0 Å². The second kappa shape index (κ2) is 4.34. The minimum atomic E-state index is -0.300. The molecule has 1 fully saturated rings. The summed E-state index contributed by atoms with van der Waals surface area (Å²) in [4.78, 5) is 0. The summed E-state index contributed by atoms with van der Waals surface area (Å²) in [7, 11) is 0. The van der Waals surface area contributed by atoms with Crippen molar-refractivity contribution in [2.45, 2.75) is 18.3 Å². The molecule has 0 aromatic heterocycles. The third kappa shape index (κ3) is 1.92. The number of hydrogen-bond donors (Lipinski definition) is 1. The van der Waals surface area contributed by atoms with Gasteiger partial charge in [-0.2, -0.15) is 5.26 Å². The van der Waals surface area contributed by atoms with Gasteiger partial charge in [0, 0.05) is 4.47 Å². The topological polar surface area (TPSA) is 35.8 Å². The first kappa shape index (κ1) is 10.7. The van der Waals surface area contributed by atoms with Crippen LogP contribution in [0.4, 0.5) is 0 Å². The Bertz CT molecular complexity index is 389. The minimum Gasteiger partial charge on any atom is -0.317 e. The van der Waals surface area contributed by atoms with Crippen molar-refractivity contribution in [2.75, 3.05) is 13.1 Å². The monoisotopic (exact) mass is 264 g/mol. The number of nitrogens with zero attached hydrogens (tertiary/aromatic N) is 1. The Morgan fingerprint density at radius 3 is 2.53 bits per heavy atom. The van der Waals surface area contributed by atoms with Crippen LogP contribution in [0, 0.1) is 11.3 Å². The third-order valence-corrected chi connectivity index (χ3v) is 3.75. The molecule has 3 heteroatoms. The zero-order valence-electron chi connectivity index (χ0n) is 8.46. The Kier molecular flexibility index (Phi) is 3.08. The van der Waals surface area contributed by atoms with E-state index in [1.54, 1.807) is 0 Å². The molecule has 1 heterocycles. The lowest BCUT2D eigenvalue weighted by Crippen LogP contribution is -2.39. The normalized spacial score (nSPS) is 19.5. The Morgan fingerprint density at radius 1 is 1.27 bits per heavy atom. The predicted molar refractivity (Wildman–Crippen MR) is 63.5 cm³/mol. The fraction of sp³-hybridized carbons (Fsp3) is 0.417. The zero-order chi connectivity index (χ0) is 10.7. The summed E-state index contributed by atoms with van der Waals surface area (Å²) in [5, 5.41) is 12.7. The zero-order valence-corrected chi connectivity index (χ0v) is 10.0. The van der Waals surface area contributed by atoms with Crippen LogP contribution in [0.2, 0.25) is 0 Å². The van der Waals surface area contributed by atoms with Crippen molar-refractivity contribution in [1.82, 2.24) is 5.32 Å². The maximum atomic E-state index is 9.42. The molecule has 1 aliphatic heterocycles. The van der Waals surface area contributed by atoms with E-state index in [-0.39, 0.29) is 5.41 Å². The maximum Gasteiger partial charge on any atom is 0.0857 e. The largest absolute Gasteiger partial charge is 0.317 e. The van der Waals surface area contributed by atoms with E-state index in [0.717, 1.165) is 36.0 Å². The number of piperidine rings is 1. The molecular weight excluding hydrogens is 252 g/mol. The molecule has 0 bridgehead atoms. The van der Waals surface area contributed by atoms with Crippen molar-refractivity contribution >= 4 is 15.9 Å². The van der Waals surface area contributed by atoms with Gasteiger partial charge in [-0.15, -0.1) is 0 Å². The van der Waals surface area contributed by atoms with Crippen molar-refractivity contribution in [1.29, 1.82) is 5.26 Å². The highest BCUT2D eigenvalue weighted by Gasteiger charge is 2.35. The van der Waals surface area contributed by atoms with Crippen LogP contribution in [0.3, 0.4) is 0 Å². The Labute approximate surface area is 98.4 Å². The number of halogens is 1. The number of nitrogens with one attached hydrogen (secondary N) is 1. The van der Waals surface area contributed by atoms with Gasteiger partial charge in [-0.05, 0) is 37.6 Å². The Hall–Kier alpha value is -0.850. The molecule has 1 saturated heterocycles. The van der Waals surface area contributed by atoms with Crippen LogP contribution in [0.1, 0.15) is 18.4 Å². The van der Waals surface area contributed by atoms with Gasteiger partial charge in [0.25, 0.3) is 0 Å². The number of benzene rings is 1. The summed E-state index contributed by atoms with van der Waals surface area (Å²) in [5.41, 5.74) is 0.833. The van der Waals surface area contributed by atoms with Crippen LogP contribution in [-0.4, -0.2) is 13.1 Å². The fourth-order valence-electron chi connectivity index (χ4n) is 2.14. The molecule has 2 nitrogen and oxygen atoms in total. The molecule has 0 spiro atoms. The second-order valence-electron chi connectivity index (χ2n) is 3.92. The van der Waals surface area contributed by atoms with Crippen molar-refractivity contribution in [2.24, 2.45) is 0 Å². The molecule has 1 aromatic carbocycles. The van der Waals surface area contributed by atoms with E-state index in [1.807, 2.05) is 18.2 Å². The van der Waals surface area contributed by atoms with Crippen molar-refractivity contribution in [3.8, 4) is 6.07 Å². The van der Waals surface area contributed by atoms with Gasteiger partial charge in [0.1, 0.15) is 0 Å².